The molecule has 26 heavy (non-hydrogen) atoms. The molecule has 2 aromatic rings. The minimum atomic E-state index is -0.522. The Kier molecular flexibility index (Phi) is 6.36. The molecule has 0 bridgehead atoms. The number of anilines is 1. The summed E-state index contributed by atoms with van der Waals surface area (Å²) in [6, 6.07) is 8.79. The molecule has 7 heteroatoms. The summed E-state index contributed by atoms with van der Waals surface area (Å²) in [5.41, 5.74) is 3.84. The lowest BCUT2D eigenvalue weighted by atomic mass is 10.1. The second-order valence-corrected chi connectivity index (χ2v) is 6.58. The largest absolute Gasteiger partial charge is 0.465 e. The molecule has 0 unspecified atom stereocenters. The first-order valence-electron chi connectivity index (χ1n) is 7.87. The molecule has 1 heterocycles. The Labute approximate surface area is 156 Å². The third kappa shape index (κ3) is 4.21. The molecule has 1 N–H and O–H groups in total. The van der Waals surface area contributed by atoms with Gasteiger partial charge in [-0.05, 0) is 44.0 Å². The number of carbonyl (C=O) groups excluding carboxylic acids is 2. The Morgan fingerprint density at radius 1 is 1.23 bits per heavy atom. The van der Waals surface area contributed by atoms with Crippen molar-refractivity contribution in [1.82, 2.24) is 4.98 Å². The minimum Gasteiger partial charge on any atom is -0.465 e. The van der Waals surface area contributed by atoms with Crippen LogP contribution in [-0.4, -0.2) is 29.7 Å². The number of esters is 1. The third-order valence-electron chi connectivity index (χ3n) is 4.02. The normalized spacial score (nSPS) is 10.1. The van der Waals surface area contributed by atoms with E-state index >= 15 is 0 Å². The molecule has 134 valence electrons. The molecule has 0 aliphatic carbocycles. The predicted octanol–water partition coefficient (Wildman–Crippen LogP) is 3.40. The average molecular weight is 369 g/mol. The van der Waals surface area contributed by atoms with Gasteiger partial charge in [-0.3, -0.25) is 4.79 Å². The van der Waals surface area contributed by atoms with E-state index in [2.05, 4.69) is 16.4 Å². The number of carbonyl (C=O) groups is 2. The quantitative estimate of drug-likeness (QED) is 0.641. The standard InChI is InChI=1S/C19H19N3O3S/c1-11-12(2)15(9-20)18(21-13(11)3)26-10-17(23)22-16-8-6-5-7-14(16)19(24)25-4/h5-8H,10H2,1-4H3,(H,22,23). The van der Waals surface area contributed by atoms with Crippen molar-refractivity contribution < 1.29 is 14.3 Å². The number of amides is 1. The first-order valence-corrected chi connectivity index (χ1v) is 8.85. The topological polar surface area (TPSA) is 92.1 Å². The number of hydrogen-bond donors (Lipinski definition) is 1. The molecule has 0 spiro atoms. The van der Waals surface area contributed by atoms with Gasteiger partial charge in [-0.25, -0.2) is 9.78 Å². The molecule has 1 aromatic heterocycles. The first-order chi connectivity index (χ1) is 12.4. The predicted molar refractivity (Wildman–Crippen MR) is 100 cm³/mol. The van der Waals surface area contributed by atoms with Gasteiger partial charge >= 0.3 is 5.97 Å². The maximum atomic E-state index is 12.3. The van der Waals surface area contributed by atoms with Crippen LogP contribution >= 0.6 is 11.8 Å². The van der Waals surface area contributed by atoms with E-state index in [4.69, 9.17) is 4.74 Å². The van der Waals surface area contributed by atoms with Gasteiger partial charge in [-0.1, -0.05) is 23.9 Å². The molecular weight excluding hydrogens is 350 g/mol. The van der Waals surface area contributed by atoms with Crippen molar-refractivity contribution in [1.29, 1.82) is 5.26 Å². The number of nitrogens with one attached hydrogen (secondary N) is 1. The van der Waals surface area contributed by atoms with Crippen LogP contribution in [0.25, 0.3) is 0 Å². The van der Waals surface area contributed by atoms with Crippen LogP contribution in [0.5, 0.6) is 0 Å². The molecule has 0 atom stereocenters. The van der Waals surface area contributed by atoms with E-state index in [0.717, 1.165) is 16.8 Å². The number of pyridine rings is 1. The van der Waals surface area contributed by atoms with Crippen molar-refractivity contribution >= 4 is 29.3 Å². The summed E-state index contributed by atoms with van der Waals surface area (Å²) in [4.78, 5) is 28.5. The zero-order chi connectivity index (χ0) is 19.3. The van der Waals surface area contributed by atoms with Crippen molar-refractivity contribution in [2.75, 3.05) is 18.2 Å². The number of para-hydroxylation sites is 1. The summed E-state index contributed by atoms with van der Waals surface area (Å²) in [6.07, 6.45) is 0. The molecule has 6 nitrogen and oxygen atoms in total. The van der Waals surface area contributed by atoms with Crippen LogP contribution in [0.3, 0.4) is 0 Å². The zero-order valence-electron chi connectivity index (χ0n) is 15.0. The molecule has 0 fully saturated rings. The van der Waals surface area contributed by atoms with Crippen molar-refractivity contribution in [2.24, 2.45) is 0 Å². The Balaban J connectivity index is 2.14. The van der Waals surface area contributed by atoms with Gasteiger partial charge in [0.15, 0.2) is 0 Å². The molecule has 0 aliphatic rings. The van der Waals surface area contributed by atoms with E-state index in [1.807, 2.05) is 20.8 Å². The van der Waals surface area contributed by atoms with Crippen LogP contribution in [-0.2, 0) is 9.53 Å². The number of nitrogens with zero attached hydrogens (tertiary/aromatic N) is 2. The number of methoxy groups -OCH3 is 1. The maximum absolute atomic E-state index is 12.3. The van der Waals surface area contributed by atoms with Crippen LogP contribution in [0.2, 0.25) is 0 Å². The van der Waals surface area contributed by atoms with E-state index in [9.17, 15) is 14.9 Å². The monoisotopic (exact) mass is 369 g/mol. The van der Waals surface area contributed by atoms with Crippen molar-refractivity contribution in [3.8, 4) is 6.07 Å². The molecule has 1 amide bonds. The van der Waals surface area contributed by atoms with Crippen LogP contribution in [0, 0.1) is 32.1 Å². The summed E-state index contributed by atoms with van der Waals surface area (Å²) < 4.78 is 4.71. The van der Waals surface area contributed by atoms with Gasteiger partial charge in [0.1, 0.15) is 11.1 Å². The smallest absolute Gasteiger partial charge is 0.339 e. The number of aryl methyl sites for hydroxylation is 1. The molecule has 0 saturated heterocycles. The summed E-state index contributed by atoms with van der Waals surface area (Å²) in [6.45, 7) is 5.67. The molecular formula is C19H19N3O3S. The highest BCUT2D eigenvalue weighted by Crippen LogP contribution is 2.26. The molecule has 2 rings (SSSR count). The van der Waals surface area contributed by atoms with E-state index in [0.29, 0.717) is 16.3 Å². The second kappa shape index (κ2) is 8.50. The second-order valence-electron chi connectivity index (χ2n) is 5.61. The number of ether oxygens (including phenoxy) is 1. The van der Waals surface area contributed by atoms with Crippen molar-refractivity contribution in [2.45, 2.75) is 25.8 Å². The van der Waals surface area contributed by atoms with E-state index in [1.54, 1.807) is 24.3 Å². The number of hydrogen-bond acceptors (Lipinski definition) is 6. The van der Waals surface area contributed by atoms with E-state index in [-0.39, 0.29) is 17.2 Å². The molecule has 1 aromatic carbocycles. The van der Waals surface area contributed by atoms with Crippen LogP contribution in [0.1, 0.15) is 32.7 Å². The summed E-state index contributed by atoms with van der Waals surface area (Å²) in [7, 11) is 1.29. The Morgan fingerprint density at radius 2 is 1.92 bits per heavy atom. The van der Waals surface area contributed by atoms with Gasteiger partial charge in [-0.15, -0.1) is 0 Å². The number of nitriles is 1. The lowest BCUT2D eigenvalue weighted by Crippen LogP contribution is -2.17. The number of aromatic nitrogens is 1. The number of benzene rings is 1. The SMILES string of the molecule is COC(=O)c1ccccc1NC(=O)CSc1nc(C)c(C)c(C)c1C#N. The number of thioether (sulfide) groups is 1. The first kappa shape index (κ1) is 19.5. The molecule has 0 saturated carbocycles. The van der Waals surface area contributed by atoms with E-state index < -0.39 is 5.97 Å². The highest BCUT2D eigenvalue weighted by Gasteiger charge is 2.16. The lowest BCUT2D eigenvalue weighted by molar-refractivity contribution is -0.113. The van der Waals surface area contributed by atoms with Gasteiger partial charge < -0.3 is 10.1 Å². The van der Waals surface area contributed by atoms with Crippen molar-refractivity contribution in [3.05, 3.63) is 52.2 Å². The average Bonchev–Trinajstić information content (AvgIpc) is 2.64. The van der Waals surface area contributed by atoms with Gasteiger partial charge in [0.05, 0.1) is 29.7 Å². The van der Waals surface area contributed by atoms with E-state index in [1.165, 1.54) is 18.9 Å². The Bertz CT molecular complexity index is 904. The Morgan fingerprint density at radius 3 is 2.58 bits per heavy atom. The summed E-state index contributed by atoms with van der Waals surface area (Å²) in [5.74, 6) is -0.751. The fourth-order valence-corrected chi connectivity index (χ4v) is 3.23. The fraction of sp³-hybridized carbons (Fsp3) is 0.263. The minimum absolute atomic E-state index is 0.0686. The number of rotatable bonds is 5. The lowest BCUT2D eigenvalue weighted by Gasteiger charge is -2.12. The summed E-state index contributed by atoms with van der Waals surface area (Å²) >= 11 is 1.19. The van der Waals surface area contributed by atoms with Crippen molar-refractivity contribution in [3.63, 3.8) is 0 Å². The molecule has 0 aliphatic heterocycles. The summed E-state index contributed by atoms with van der Waals surface area (Å²) in [5, 5.41) is 12.6. The highest BCUT2D eigenvalue weighted by atomic mass is 32.2. The van der Waals surface area contributed by atoms with Gasteiger partial charge in [0.25, 0.3) is 0 Å². The zero-order valence-corrected chi connectivity index (χ0v) is 15.9. The van der Waals surface area contributed by atoms with Gasteiger partial charge in [0.2, 0.25) is 5.91 Å². The van der Waals surface area contributed by atoms with Crippen LogP contribution < -0.4 is 5.32 Å². The Hall–Kier alpha value is -2.85. The van der Waals surface area contributed by atoms with Crippen LogP contribution in [0.4, 0.5) is 5.69 Å². The van der Waals surface area contributed by atoms with Gasteiger partial charge in [-0.2, -0.15) is 5.26 Å². The molecule has 0 radical (unpaired) electrons. The van der Waals surface area contributed by atoms with Gasteiger partial charge in [0, 0.05) is 5.69 Å². The fourth-order valence-electron chi connectivity index (χ4n) is 2.35. The van der Waals surface area contributed by atoms with Crippen LogP contribution in [0.15, 0.2) is 29.3 Å². The highest BCUT2D eigenvalue weighted by molar-refractivity contribution is 8.00. The third-order valence-corrected chi connectivity index (χ3v) is 5.00. The maximum Gasteiger partial charge on any atom is 0.339 e.